The lowest BCUT2D eigenvalue weighted by Gasteiger charge is -2.35. The number of hydrogen-bond acceptors (Lipinski definition) is 8. The quantitative estimate of drug-likeness (QED) is 0.598. The number of anilines is 1. The fraction of sp³-hybridized carbons (Fsp3) is 0.353. The zero-order chi connectivity index (χ0) is 17.9. The number of nitrogens with zero attached hydrogens (tertiary/aromatic N) is 3. The van der Waals surface area contributed by atoms with Gasteiger partial charge in [-0.2, -0.15) is 0 Å². The predicted molar refractivity (Wildman–Crippen MR) is 111 cm³/mol. The van der Waals surface area contributed by atoms with Gasteiger partial charge in [-0.1, -0.05) is 29.2 Å². The van der Waals surface area contributed by atoms with Crippen molar-refractivity contribution in [3.8, 4) is 0 Å². The van der Waals surface area contributed by atoms with Crippen LogP contribution in [0.15, 0.2) is 33.3 Å². The summed E-state index contributed by atoms with van der Waals surface area (Å²) in [6, 6.07) is 6.40. The van der Waals surface area contributed by atoms with Gasteiger partial charge in [-0.15, -0.1) is 32.9 Å². The molecular formula is C17H18N4OS4. The van der Waals surface area contributed by atoms with Gasteiger partial charge in [-0.25, -0.2) is 0 Å². The van der Waals surface area contributed by atoms with Gasteiger partial charge in [0.05, 0.1) is 11.8 Å². The predicted octanol–water partition coefficient (Wildman–Crippen LogP) is 4.36. The first-order chi connectivity index (χ1) is 12.8. The Morgan fingerprint density at radius 2 is 2.27 bits per heavy atom. The molecule has 0 radical (unpaired) electrons. The Morgan fingerprint density at radius 1 is 1.35 bits per heavy atom. The number of aromatic nitrogens is 2. The van der Waals surface area contributed by atoms with Crippen LogP contribution in [0.5, 0.6) is 0 Å². The Kier molecular flexibility index (Phi) is 5.58. The molecule has 1 aliphatic rings. The number of thioether (sulfide) groups is 1. The van der Waals surface area contributed by atoms with Crippen LogP contribution in [-0.4, -0.2) is 39.8 Å². The van der Waals surface area contributed by atoms with Gasteiger partial charge < -0.3 is 10.2 Å². The molecule has 0 saturated carbocycles. The lowest BCUT2D eigenvalue weighted by atomic mass is 9.98. The minimum absolute atomic E-state index is 0.0461. The van der Waals surface area contributed by atoms with E-state index in [1.807, 2.05) is 11.8 Å². The average molecular weight is 423 g/mol. The van der Waals surface area contributed by atoms with E-state index in [1.165, 1.54) is 38.4 Å². The first-order valence-corrected chi connectivity index (χ1v) is 11.9. The zero-order valence-electron chi connectivity index (χ0n) is 14.2. The fourth-order valence-electron chi connectivity index (χ4n) is 3.04. The Labute approximate surface area is 168 Å². The molecule has 0 unspecified atom stereocenters. The fourth-order valence-corrected chi connectivity index (χ4v) is 6.50. The molecule has 3 aromatic rings. The summed E-state index contributed by atoms with van der Waals surface area (Å²) in [6.07, 6.45) is 0.939. The average Bonchev–Trinajstić information content (AvgIpc) is 3.40. The van der Waals surface area contributed by atoms with Crippen molar-refractivity contribution in [2.45, 2.75) is 23.7 Å². The van der Waals surface area contributed by atoms with E-state index < -0.39 is 0 Å². The molecule has 0 spiro atoms. The van der Waals surface area contributed by atoms with Crippen molar-refractivity contribution in [3.63, 3.8) is 0 Å². The van der Waals surface area contributed by atoms with E-state index >= 15 is 0 Å². The molecule has 9 heteroatoms. The first kappa shape index (κ1) is 18.0. The van der Waals surface area contributed by atoms with Crippen molar-refractivity contribution in [1.29, 1.82) is 0 Å². The minimum Gasteiger partial charge on any atom is -0.360 e. The number of nitrogens with one attached hydrogen (secondary N) is 1. The third-order valence-electron chi connectivity index (χ3n) is 4.15. The van der Waals surface area contributed by atoms with E-state index in [-0.39, 0.29) is 11.9 Å². The van der Waals surface area contributed by atoms with Crippen LogP contribution in [0.4, 0.5) is 5.13 Å². The first-order valence-electron chi connectivity index (χ1n) is 8.35. The molecule has 5 nitrogen and oxygen atoms in total. The van der Waals surface area contributed by atoms with Crippen molar-refractivity contribution in [2.75, 3.05) is 24.2 Å². The number of carbonyl (C=O) groups is 1. The molecule has 0 saturated heterocycles. The summed E-state index contributed by atoms with van der Waals surface area (Å²) in [5.74, 6) is 0.549. The normalized spacial score (nSPS) is 16.5. The summed E-state index contributed by atoms with van der Waals surface area (Å²) < 4.78 is 0.829. The van der Waals surface area contributed by atoms with Crippen LogP contribution in [-0.2, 0) is 11.2 Å². The SMILES string of the molecule is CCNc1nnc(SCC(=O)N2CCc3sccc3[C@H]2c2cccs2)s1. The van der Waals surface area contributed by atoms with Crippen molar-refractivity contribution >= 4 is 56.8 Å². The molecule has 0 fully saturated rings. The van der Waals surface area contributed by atoms with Gasteiger partial charge in [0.2, 0.25) is 11.0 Å². The third kappa shape index (κ3) is 3.66. The van der Waals surface area contributed by atoms with E-state index in [0.29, 0.717) is 5.75 Å². The van der Waals surface area contributed by atoms with Crippen molar-refractivity contribution in [3.05, 3.63) is 44.3 Å². The van der Waals surface area contributed by atoms with Crippen molar-refractivity contribution in [2.24, 2.45) is 0 Å². The smallest absolute Gasteiger partial charge is 0.233 e. The van der Waals surface area contributed by atoms with E-state index in [0.717, 1.165) is 29.0 Å². The molecule has 0 aromatic carbocycles. The van der Waals surface area contributed by atoms with Gasteiger partial charge in [0, 0.05) is 22.8 Å². The maximum Gasteiger partial charge on any atom is 0.233 e. The topological polar surface area (TPSA) is 58.1 Å². The van der Waals surface area contributed by atoms with E-state index in [4.69, 9.17) is 0 Å². The zero-order valence-corrected chi connectivity index (χ0v) is 17.4. The summed E-state index contributed by atoms with van der Waals surface area (Å²) >= 11 is 6.48. The molecule has 1 atom stereocenters. The summed E-state index contributed by atoms with van der Waals surface area (Å²) in [5, 5.41) is 16.4. The van der Waals surface area contributed by atoms with Crippen LogP contribution in [0, 0.1) is 0 Å². The Morgan fingerprint density at radius 3 is 3.08 bits per heavy atom. The van der Waals surface area contributed by atoms with Crippen molar-refractivity contribution in [1.82, 2.24) is 15.1 Å². The second kappa shape index (κ2) is 8.08. The third-order valence-corrected chi connectivity index (χ3v) is 8.07. The van der Waals surface area contributed by atoms with Gasteiger partial charge >= 0.3 is 0 Å². The molecule has 1 aliphatic heterocycles. The van der Waals surface area contributed by atoms with Gasteiger partial charge in [0.15, 0.2) is 4.34 Å². The summed E-state index contributed by atoms with van der Waals surface area (Å²) in [5.41, 5.74) is 1.28. The summed E-state index contributed by atoms with van der Waals surface area (Å²) in [7, 11) is 0. The van der Waals surface area contributed by atoms with Crippen LogP contribution in [0.3, 0.4) is 0 Å². The van der Waals surface area contributed by atoms with Crippen LogP contribution in [0.1, 0.15) is 28.3 Å². The maximum atomic E-state index is 13.0. The van der Waals surface area contributed by atoms with Crippen molar-refractivity contribution < 1.29 is 4.79 Å². The van der Waals surface area contributed by atoms with Gasteiger partial charge in [-0.3, -0.25) is 4.79 Å². The highest BCUT2D eigenvalue weighted by Crippen LogP contribution is 2.40. The Hall–Kier alpha value is -1.42. The number of carbonyl (C=O) groups excluding carboxylic acids is 1. The number of amides is 1. The second-order valence-electron chi connectivity index (χ2n) is 5.75. The highest BCUT2D eigenvalue weighted by molar-refractivity contribution is 8.01. The molecular weight excluding hydrogens is 404 g/mol. The monoisotopic (exact) mass is 422 g/mol. The molecule has 0 bridgehead atoms. The van der Waals surface area contributed by atoms with Gasteiger partial charge in [0.25, 0.3) is 0 Å². The molecule has 0 aliphatic carbocycles. The molecule has 26 heavy (non-hydrogen) atoms. The molecule has 3 aromatic heterocycles. The van der Waals surface area contributed by atoms with Crippen LogP contribution in [0.25, 0.3) is 0 Å². The van der Waals surface area contributed by atoms with E-state index in [2.05, 4.69) is 44.5 Å². The van der Waals surface area contributed by atoms with E-state index in [1.54, 1.807) is 22.7 Å². The standard InChI is InChI=1S/C17H18N4OS4/c1-2-18-16-19-20-17(26-16)25-10-14(22)21-7-5-12-11(6-9-24-12)15(21)13-4-3-8-23-13/h3-4,6,8-9,15H,2,5,7,10H2,1H3,(H,18,19)/t15-/m0/s1. The largest absolute Gasteiger partial charge is 0.360 e. The lowest BCUT2D eigenvalue weighted by Crippen LogP contribution is -2.40. The highest BCUT2D eigenvalue weighted by Gasteiger charge is 2.33. The minimum atomic E-state index is 0.0461. The Balaban J connectivity index is 1.49. The van der Waals surface area contributed by atoms with Gasteiger partial charge in [0.1, 0.15) is 0 Å². The molecule has 1 N–H and O–H groups in total. The maximum absolute atomic E-state index is 13.0. The highest BCUT2D eigenvalue weighted by atomic mass is 32.2. The second-order valence-corrected chi connectivity index (χ2v) is 9.93. The number of hydrogen-bond donors (Lipinski definition) is 1. The number of fused-ring (bicyclic) bond motifs is 1. The number of thiophene rings is 2. The molecule has 4 heterocycles. The molecule has 136 valence electrons. The molecule has 1 amide bonds. The summed E-state index contributed by atoms with van der Waals surface area (Å²) in [6.45, 7) is 3.61. The van der Waals surface area contributed by atoms with Crippen LogP contribution >= 0.6 is 45.8 Å². The van der Waals surface area contributed by atoms with Crippen LogP contribution < -0.4 is 5.32 Å². The lowest BCUT2D eigenvalue weighted by molar-refractivity contribution is -0.130. The Bertz CT molecular complexity index is 873. The summed E-state index contributed by atoms with van der Waals surface area (Å²) in [4.78, 5) is 17.7. The van der Waals surface area contributed by atoms with Crippen LogP contribution in [0.2, 0.25) is 0 Å². The van der Waals surface area contributed by atoms with E-state index in [9.17, 15) is 4.79 Å². The molecule has 4 rings (SSSR count). The van der Waals surface area contributed by atoms with Gasteiger partial charge in [-0.05, 0) is 41.8 Å². The number of rotatable bonds is 6.